The van der Waals surface area contributed by atoms with Gasteiger partial charge in [-0.25, -0.2) is 0 Å². The van der Waals surface area contributed by atoms with Crippen LogP contribution in [0.4, 0.5) is 0 Å². The summed E-state index contributed by atoms with van der Waals surface area (Å²) >= 11 is 5.78. The van der Waals surface area contributed by atoms with E-state index < -0.39 is 0 Å². The van der Waals surface area contributed by atoms with Crippen LogP contribution in [-0.2, 0) is 11.3 Å². The third kappa shape index (κ3) is 4.24. The number of likely N-dealkylation sites (N-methyl/N-ethyl adjacent to an activating group) is 1. The van der Waals surface area contributed by atoms with Crippen LogP contribution in [0.3, 0.4) is 0 Å². The minimum absolute atomic E-state index is 0.00159. The average Bonchev–Trinajstić information content (AvgIpc) is 2.47. The number of nitrogens with zero attached hydrogens (tertiary/aromatic N) is 2. The van der Waals surface area contributed by atoms with E-state index in [0.29, 0.717) is 17.3 Å². The Kier molecular flexibility index (Phi) is 4.96. The fourth-order valence-electron chi connectivity index (χ4n) is 1.64. The van der Waals surface area contributed by atoms with Crippen LogP contribution < -0.4 is 4.74 Å². The number of amides is 1. The quantitative estimate of drug-likeness (QED) is 0.850. The molecule has 0 radical (unpaired) electrons. The van der Waals surface area contributed by atoms with Crippen molar-refractivity contribution in [2.75, 3.05) is 13.7 Å². The normalized spacial score (nSPS) is 10.1. The summed E-state index contributed by atoms with van der Waals surface area (Å²) in [6, 6.07) is 10.7. The fourth-order valence-corrected chi connectivity index (χ4v) is 1.77. The van der Waals surface area contributed by atoms with Gasteiger partial charge in [-0.3, -0.25) is 9.78 Å². The van der Waals surface area contributed by atoms with Crippen molar-refractivity contribution in [1.29, 1.82) is 0 Å². The molecule has 1 heterocycles. The van der Waals surface area contributed by atoms with Gasteiger partial charge in [0.2, 0.25) is 0 Å². The number of rotatable bonds is 5. The molecule has 0 saturated heterocycles. The number of carbonyl (C=O) groups excluding carboxylic acids is 1. The predicted octanol–water partition coefficient (Wildman–Crippen LogP) is 2.77. The van der Waals surface area contributed by atoms with Crippen molar-refractivity contribution in [2.45, 2.75) is 6.54 Å². The van der Waals surface area contributed by atoms with Crippen molar-refractivity contribution in [3.05, 3.63) is 59.4 Å². The SMILES string of the molecule is CN(Cc1cccnc1)C(=O)COc1ccc(Cl)cc1. The van der Waals surface area contributed by atoms with E-state index in [-0.39, 0.29) is 12.5 Å². The Morgan fingerprint density at radius 2 is 2.05 bits per heavy atom. The topological polar surface area (TPSA) is 42.4 Å². The summed E-state index contributed by atoms with van der Waals surface area (Å²) in [6.07, 6.45) is 3.44. The van der Waals surface area contributed by atoms with Gasteiger partial charge in [-0.2, -0.15) is 0 Å². The minimum atomic E-state index is -0.0937. The zero-order valence-corrected chi connectivity index (χ0v) is 11.9. The van der Waals surface area contributed by atoms with Gasteiger partial charge in [-0.15, -0.1) is 0 Å². The third-order valence-corrected chi connectivity index (χ3v) is 3.00. The lowest BCUT2D eigenvalue weighted by Crippen LogP contribution is -2.30. The predicted molar refractivity (Wildman–Crippen MR) is 77.7 cm³/mol. The van der Waals surface area contributed by atoms with Crippen molar-refractivity contribution in [2.24, 2.45) is 0 Å². The van der Waals surface area contributed by atoms with Gasteiger partial charge in [-0.05, 0) is 35.9 Å². The second-order valence-corrected chi connectivity index (χ2v) is 4.79. The van der Waals surface area contributed by atoms with E-state index in [1.54, 1.807) is 48.6 Å². The number of carbonyl (C=O) groups is 1. The molecule has 0 spiro atoms. The smallest absolute Gasteiger partial charge is 0.260 e. The van der Waals surface area contributed by atoms with Crippen LogP contribution in [0, 0.1) is 0 Å². The van der Waals surface area contributed by atoms with Crippen molar-refractivity contribution in [1.82, 2.24) is 9.88 Å². The van der Waals surface area contributed by atoms with Gasteiger partial charge < -0.3 is 9.64 Å². The van der Waals surface area contributed by atoms with Crippen LogP contribution in [0.25, 0.3) is 0 Å². The lowest BCUT2D eigenvalue weighted by atomic mass is 10.3. The molecule has 5 heteroatoms. The van der Waals surface area contributed by atoms with E-state index in [9.17, 15) is 4.79 Å². The highest BCUT2D eigenvalue weighted by molar-refractivity contribution is 6.30. The van der Waals surface area contributed by atoms with Gasteiger partial charge in [-0.1, -0.05) is 17.7 Å². The number of aromatic nitrogens is 1. The van der Waals surface area contributed by atoms with Crippen molar-refractivity contribution < 1.29 is 9.53 Å². The summed E-state index contributed by atoms with van der Waals surface area (Å²) in [5.41, 5.74) is 0.981. The average molecular weight is 291 g/mol. The summed E-state index contributed by atoms with van der Waals surface area (Å²) in [4.78, 5) is 17.6. The molecule has 0 fully saturated rings. The Hall–Kier alpha value is -2.07. The molecule has 20 heavy (non-hydrogen) atoms. The Bertz CT molecular complexity index is 558. The number of hydrogen-bond donors (Lipinski definition) is 0. The van der Waals surface area contributed by atoms with Gasteiger partial charge in [0.1, 0.15) is 5.75 Å². The Morgan fingerprint density at radius 3 is 2.70 bits per heavy atom. The first-order chi connectivity index (χ1) is 9.65. The van der Waals surface area contributed by atoms with Crippen LogP contribution in [0.2, 0.25) is 5.02 Å². The second kappa shape index (κ2) is 6.91. The molecule has 1 amide bonds. The molecule has 0 aliphatic rings. The standard InChI is InChI=1S/C15H15ClN2O2/c1-18(10-12-3-2-8-17-9-12)15(19)11-20-14-6-4-13(16)5-7-14/h2-9H,10-11H2,1H3. The Balaban J connectivity index is 1.83. The van der Waals surface area contributed by atoms with Gasteiger partial charge in [0.05, 0.1) is 0 Å². The Labute approximate surface area is 123 Å². The van der Waals surface area contributed by atoms with E-state index in [0.717, 1.165) is 5.56 Å². The first kappa shape index (κ1) is 14.3. The fraction of sp³-hybridized carbons (Fsp3) is 0.200. The lowest BCUT2D eigenvalue weighted by Gasteiger charge is -2.17. The lowest BCUT2D eigenvalue weighted by molar-refractivity contribution is -0.132. The molecular formula is C15H15ClN2O2. The monoisotopic (exact) mass is 290 g/mol. The molecule has 2 aromatic rings. The third-order valence-electron chi connectivity index (χ3n) is 2.74. The van der Waals surface area contributed by atoms with Crippen molar-refractivity contribution in [3.63, 3.8) is 0 Å². The summed E-state index contributed by atoms with van der Waals surface area (Å²) < 4.78 is 5.42. The molecule has 0 atom stereocenters. The van der Waals surface area contributed by atoms with Crippen LogP contribution >= 0.6 is 11.6 Å². The minimum Gasteiger partial charge on any atom is -0.484 e. The summed E-state index contributed by atoms with van der Waals surface area (Å²) in [6.45, 7) is 0.509. The second-order valence-electron chi connectivity index (χ2n) is 4.35. The maximum absolute atomic E-state index is 11.9. The van der Waals surface area contributed by atoms with Crippen LogP contribution in [0.1, 0.15) is 5.56 Å². The highest BCUT2D eigenvalue weighted by Crippen LogP contribution is 2.15. The first-order valence-electron chi connectivity index (χ1n) is 6.16. The Morgan fingerprint density at radius 1 is 1.30 bits per heavy atom. The zero-order valence-electron chi connectivity index (χ0n) is 11.1. The molecule has 1 aromatic carbocycles. The van der Waals surface area contributed by atoms with Gasteiger partial charge in [0.25, 0.3) is 5.91 Å². The summed E-state index contributed by atoms with van der Waals surface area (Å²) in [5, 5.41) is 0.636. The number of pyridine rings is 1. The van der Waals surface area contributed by atoms with Gasteiger partial charge >= 0.3 is 0 Å². The molecule has 0 unspecified atom stereocenters. The van der Waals surface area contributed by atoms with E-state index in [4.69, 9.17) is 16.3 Å². The van der Waals surface area contributed by atoms with Crippen LogP contribution in [0.5, 0.6) is 5.75 Å². The van der Waals surface area contributed by atoms with Gasteiger partial charge in [0.15, 0.2) is 6.61 Å². The highest BCUT2D eigenvalue weighted by Gasteiger charge is 2.10. The molecule has 2 rings (SSSR count). The number of hydrogen-bond acceptors (Lipinski definition) is 3. The van der Waals surface area contributed by atoms with E-state index in [1.807, 2.05) is 12.1 Å². The maximum Gasteiger partial charge on any atom is 0.260 e. The van der Waals surface area contributed by atoms with E-state index in [1.165, 1.54) is 0 Å². The van der Waals surface area contributed by atoms with Gasteiger partial charge in [0, 0.05) is 31.0 Å². The molecule has 4 nitrogen and oxygen atoms in total. The van der Waals surface area contributed by atoms with Crippen LogP contribution in [-0.4, -0.2) is 29.4 Å². The molecule has 0 bridgehead atoms. The van der Waals surface area contributed by atoms with Crippen molar-refractivity contribution in [3.8, 4) is 5.75 Å². The van der Waals surface area contributed by atoms with Crippen LogP contribution in [0.15, 0.2) is 48.8 Å². The highest BCUT2D eigenvalue weighted by atomic mass is 35.5. The number of benzene rings is 1. The number of ether oxygens (including phenoxy) is 1. The van der Waals surface area contributed by atoms with E-state index in [2.05, 4.69) is 4.98 Å². The molecule has 1 aromatic heterocycles. The molecule has 0 aliphatic heterocycles. The zero-order chi connectivity index (χ0) is 14.4. The van der Waals surface area contributed by atoms with Crippen molar-refractivity contribution >= 4 is 17.5 Å². The number of halogens is 1. The largest absolute Gasteiger partial charge is 0.484 e. The maximum atomic E-state index is 11.9. The summed E-state index contributed by atoms with van der Waals surface area (Å²) in [5.74, 6) is 0.529. The molecule has 0 N–H and O–H groups in total. The molecule has 0 saturated carbocycles. The molecule has 104 valence electrons. The van der Waals surface area contributed by atoms with E-state index >= 15 is 0 Å². The molecular weight excluding hydrogens is 276 g/mol. The molecule has 0 aliphatic carbocycles. The first-order valence-corrected chi connectivity index (χ1v) is 6.54. The summed E-state index contributed by atoms with van der Waals surface area (Å²) in [7, 11) is 1.74.